The van der Waals surface area contributed by atoms with Crippen molar-refractivity contribution in [2.24, 2.45) is 0 Å². The lowest BCUT2D eigenvalue weighted by molar-refractivity contribution is 0.0267. The Bertz CT molecular complexity index is 490. The Kier molecular flexibility index (Phi) is 5.73. The molecule has 1 N–H and O–H groups in total. The molecular weight excluding hydrogens is 284 g/mol. The molecule has 1 aliphatic heterocycles. The smallest absolute Gasteiger partial charge is 0.0446 e. The van der Waals surface area contributed by atoms with Gasteiger partial charge in [-0.15, -0.1) is 0 Å². The predicted molar refractivity (Wildman–Crippen MR) is 95.6 cm³/mol. The van der Waals surface area contributed by atoms with Gasteiger partial charge in [-0.1, -0.05) is 42.2 Å². The van der Waals surface area contributed by atoms with Crippen molar-refractivity contribution in [3.63, 3.8) is 0 Å². The number of rotatable bonds is 5. The summed E-state index contributed by atoms with van der Waals surface area (Å²) in [5.41, 5.74) is 4.15. The van der Waals surface area contributed by atoms with E-state index in [0.29, 0.717) is 12.6 Å². The molecule has 3 nitrogen and oxygen atoms in total. The van der Waals surface area contributed by atoms with E-state index in [1.165, 1.54) is 48.9 Å². The summed E-state index contributed by atoms with van der Waals surface area (Å²) in [4.78, 5) is 5.29. The maximum atomic E-state index is 9.48. The van der Waals surface area contributed by atoms with Crippen molar-refractivity contribution in [1.29, 1.82) is 0 Å². The minimum absolute atomic E-state index is 0.311. The number of nitrogens with zero attached hydrogens (tertiary/aromatic N) is 2. The second kappa shape index (κ2) is 7.78. The van der Waals surface area contributed by atoms with E-state index in [1.54, 1.807) is 0 Å². The van der Waals surface area contributed by atoms with Gasteiger partial charge in [-0.05, 0) is 38.7 Å². The lowest BCUT2D eigenvalue weighted by atomic mass is 10.0. The number of aliphatic hydroxyl groups is 1. The first-order chi connectivity index (χ1) is 11.2. The van der Waals surface area contributed by atoms with Crippen molar-refractivity contribution in [1.82, 2.24) is 9.80 Å². The third kappa shape index (κ3) is 4.34. The van der Waals surface area contributed by atoms with Crippen LogP contribution in [0.1, 0.15) is 48.8 Å². The fourth-order valence-electron chi connectivity index (χ4n) is 4.62. The lowest BCUT2D eigenvalue weighted by Gasteiger charge is -2.44. The minimum Gasteiger partial charge on any atom is -0.396 e. The third-order valence-electron chi connectivity index (χ3n) is 5.56. The number of hydrogen-bond donors (Lipinski definition) is 1. The van der Waals surface area contributed by atoms with Gasteiger partial charge in [0, 0.05) is 44.9 Å². The first kappa shape index (κ1) is 16.9. The number of benzene rings is 1. The van der Waals surface area contributed by atoms with Crippen LogP contribution in [0.3, 0.4) is 0 Å². The van der Waals surface area contributed by atoms with E-state index in [9.17, 15) is 5.11 Å². The molecule has 1 aliphatic carbocycles. The first-order valence-electron chi connectivity index (χ1n) is 9.32. The third-order valence-corrected chi connectivity index (χ3v) is 5.56. The SMILES string of the molecule is Cc1cc(C)cc(CN2CCN(C3CCCC3)[C@@H](CCO)C2)c1. The Morgan fingerprint density at radius 1 is 1.04 bits per heavy atom. The van der Waals surface area contributed by atoms with Crippen molar-refractivity contribution < 1.29 is 5.11 Å². The molecule has 23 heavy (non-hydrogen) atoms. The van der Waals surface area contributed by atoms with Crippen LogP contribution < -0.4 is 0 Å². The van der Waals surface area contributed by atoms with E-state index in [2.05, 4.69) is 41.8 Å². The molecule has 1 heterocycles. The molecule has 0 amide bonds. The van der Waals surface area contributed by atoms with Gasteiger partial charge in [-0.2, -0.15) is 0 Å². The van der Waals surface area contributed by atoms with Crippen molar-refractivity contribution in [2.75, 3.05) is 26.2 Å². The Labute approximate surface area is 141 Å². The summed E-state index contributed by atoms with van der Waals surface area (Å²) in [6.45, 7) is 9.15. The molecule has 1 aromatic rings. The highest BCUT2D eigenvalue weighted by atomic mass is 16.3. The van der Waals surface area contributed by atoms with Crippen LogP contribution in [0.25, 0.3) is 0 Å². The van der Waals surface area contributed by atoms with Crippen LogP contribution in [0.15, 0.2) is 18.2 Å². The standard InChI is InChI=1S/C20H32N2O/c1-16-11-17(2)13-18(12-16)14-21-8-9-22(19-5-3-4-6-19)20(15-21)7-10-23/h11-13,19-20,23H,3-10,14-15H2,1-2H3/t20-/m0/s1. The van der Waals surface area contributed by atoms with Crippen LogP contribution in [0, 0.1) is 13.8 Å². The quantitative estimate of drug-likeness (QED) is 0.904. The second-order valence-corrected chi connectivity index (χ2v) is 7.57. The first-order valence-corrected chi connectivity index (χ1v) is 9.32. The minimum atomic E-state index is 0.311. The molecule has 1 saturated carbocycles. The molecule has 3 heteroatoms. The van der Waals surface area contributed by atoms with E-state index in [4.69, 9.17) is 0 Å². The molecule has 0 spiro atoms. The van der Waals surface area contributed by atoms with Crippen LogP contribution in [0.2, 0.25) is 0 Å². The molecule has 0 radical (unpaired) electrons. The van der Waals surface area contributed by atoms with Gasteiger partial charge >= 0.3 is 0 Å². The Hall–Kier alpha value is -0.900. The molecule has 1 atom stereocenters. The van der Waals surface area contributed by atoms with E-state index >= 15 is 0 Å². The molecule has 0 unspecified atom stereocenters. The van der Waals surface area contributed by atoms with E-state index in [-0.39, 0.29) is 0 Å². The maximum Gasteiger partial charge on any atom is 0.0446 e. The van der Waals surface area contributed by atoms with Crippen molar-refractivity contribution in [2.45, 2.75) is 64.6 Å². The highest BCUT2D eigenvalue weighted by molar-refractivity contribution is 5.28. The van der Waals surface area contributed by atoms with Gasteiger partial charge in [-0.3, -0.25) is 9.80 Å². The van der Waals surface area contributed by atoms with Crippen molar-refractivity contribution >= 4 is 0 Å². The van der Waals surface area contributed by atoms with Gasteiger partial charge in [-0.25, -0.2) is 0 Å². The highest BCUT2D eigenvalue weighted by Crippen LogP contribution is 2.28. The van der Waals surface area contributed by atoms with Crippen LogP contribution in [-0.2, 0) is 6.54 Å². The molecule has 0 aromatic heterocycles. The Morgan fingerprint density at radius 2 is 1.74 bits per heavy atom. The van der Waals surface area contributed by atoms with Crippen molar-refractivity contribution in [3.8, 4) is 0 Å². The van der Waals surface area contributed by atoms with Crippen molar-refractivity contribution in [3.05, 3.63) is 34.9 Å². The fourth-order valence-corrected chi connectivity index (χ4v) is 4.62. The van der Waals surface area contributed by atoms with Gasteiger partial charge in [0.1, 0.15) is 0 Å². The molecule has 1 saturated heterocycles. The predicted octanol–water partition coefficient (Wildman–Crippen LogP) is 3.11. The van der Waals surface area contributed by atoms with Crippen LogP contribution in [0.4, 0.5) is 0 Å². The number of aliphatic hydroxyl groups excluding tert-OH is 1. The summed E-state index contributed by atoms with van der Waals surface area (Å²) >= 11 is 0. The Balaban J connectivity index is 1.64. The molecular formula is C20H32N2O. The average molecular weight is 316 g/mol. The van der Waals surface area contributed by atoms with E-state index in [0.717, 1.165) is 32.1 Å². The Morgan fingerprint density at radius 3 is 2.39 bits per heavy atom. The molecule has 1 aromatic carbocycles. The average Bonchev–Trinajstić information content (AvgIpc) is 3.01. The maximum absolute atomic E-state index is 9.48. The van der Waals surface area contributed by atoms with Gasteiger partial charge in [0.15, 0.2) is 0 Å². The van der Waals surface area contributed by atoms with E-state index in [1.807, 2.05) is 0 Å². The second-order valence-electron chi connectivity index (χ2n) is 7.57. The van der Waals surface area contributed by atoms with Crippen LogP contribution >= 0.6 is 0 Å². The zero-order valence-electron chi connectivity index (χ0n) is 14.8. The summed E-state index contributed by atoms with van der Waals surface area (Å²) in [7, 11) is 0. The largest absolute Gasteiger partial charge is 0.396 e. The monoisotopic (exact) mass is 316 g/mol. The molecule has 2 fully saturated rings. The van der Waals surface area contributed by atoms with Crippen LogP contribution in [0.5, 0.6) is 0 Å². The van der Waals surface area contributed by atoms with Gasteiger partial charge < -0.3 is 5.11 Å². The summed E-state index contributed by atoms with van der Waals surface area (Å²) < 4.78 is 0. The van der Waals surface area contributed by atoms with E-state index < -0.39 is 0 Å². The number of hydrogen-bond acceptors (Lipinski definition) is 3. The number of aryl methyl sites for hydroxylation is 2. The molecule has 2 aliphatic rings. The van der Waals surface area contributed by atoms with Gasteiger partial charge in [0.05, 0.1) is 0 Å². The molecule has 0 bridgehead atoms. The van der Waals surface area contributed by atoms with Gasteiger partial charge in [0.2, 0.25) is 0 Å². The summed E-state index contributed by atoms with van der Waals surface area (Å²) in [5.74, 6) is 0. The molecule has 3 rings (SSSR count). The fraction of sp³-hybridized carbons (Fsp3) is 0.700. The number of piperazine rings is 1. The summed E-state index contributed by atoms with van der Waals surface area (Å²) in [6.07, 6.45) is 6.41. The topological polar surface area (TPSA) is 26.7 Å². The molecule has 128 valence electrons. The zero-order valence-corrected chi connectivity index (χ0v) is 14.8. The lowest BCUT2D eigenvalue weighted by Crippen LogP contribution is -2.56. The van der Waals surface area contributed by atoms with Crippen LogP contribution in [-0.4, -0.2) is 53.2 Å². The van der Waals surface area contributed by atoms with Gasteiger partial charge in [0.25, 0.3) is 0 Å². The normalized spacial score (nSPS) is 24.4. The summed E-state index contributed by atoms with van der Waals surface area (Å²) in [5, 5.41) is 9.48. The summed E-state index contributed by atoms with van der Waals surface area (Å²) in [6, 6.07) is 8.18. The highest BCUT2D eigenvalue weighted by Gasteiger charge is 2.32. The zero-order chi connectivity index (χ0) is 16.2.